The molecule has 2 N–H and O–H groups in total. The first-order valence-corrected chi connectivity index (χ1v) is 11.2. The predicted octanol–water partition coefficient (Wildman–Crippen LogP) is 3.83. The maximum atomic E-state index is 15.3. The van der Waals surface area contributed by atoms with Gasteiger partial charge in [0.25, 0.3) is 0 Å². The third-order valence-electron chi connectivity index (χ3n) is 6.64. The number of Topliss-reactive ketones (excluding diaryl/α,β-unsaturated/α-hetero) is 1. The highest BCUT2D eigenvalue weighted by Gasteiger charge is 2.48. The van der Waals surface area contributed by atoms with Crippen LogP contribution in [-0.2, 0) is 11.2 Å². The quantitative estimate of drug-likeness (QED) is 0.593. The van der Waals surface area contributed by atoms with Crippen LogP contribution in [0.5, 0.6) is 0 Å². The van der Waals surface area contributed by atoms with Crippen LogP contribution >= 0.6 is 11.6 Å². The largest absolute Gasteiger partial charge is 0.348 e. The standard InChI is InChI=1S/C24H24ClFN4O2/c1-14-10-17(25)5-6-18(14)16-4-7-20(19(26)11-16)30-21(28-29-23(30)32)12-24(8-9-27-13-24)22(31)15-2-3-15/h4-7,10-11,15,27H,2-3,8-9,12-13H2,1H3,(H,29,32)/t24-/m0/s1. The minimum absolute atomic E-state index is 0.104. The average molecular weight is 455 g/mol. The third kappa shape index (κ3) is 3.69. The highest BCUT2D eigenvalue weighted by Crippen LogP contribution is 2.42. The van der Waals surface area contributed by atoms with Crippen molar-refractivity contribution in [3.63, 3.8) is 0 Å². The monoisotopic (exact) mass is 454 g/mol. The Balaban J connectivity index is 1.51. The van der Waals surface area contributed by atoms with E-state index in [-0.39, 0.29) is 17.4 Å². The number of aromatic nitrogens is 3. The molecule has 2 aliphatic rings. The number of nitrogens with zero attached hydrogens (tertiary/aromatic N) is 2. The molecule has 2 aromatic carbocycles. The van der Waals surface area contributed by atoms with Crippen molar-refractivity contribution < 1.29 is 9.18 Å². The van der Waals surface area contributed by atoms with Gasteiger partial charge in [0.05, 0.1) is 5.69 Å². The fourth-order valence-corrected chi connectivity index (χ4v) is 5.00. The molecule has 1 atom stereocenters. The molecule has 0 spiro atoms. The average Bonchev–Trinajstić information content (AvgIpc) is 3.40. The van der Waals surface area contributed by atoms with Gasteiger partial charge in [0.2, 0.25) is 0 Å². The Hall–Kier alpha value is -2.77. The Morgan fingerprint density at radius 3 is 2.75 bits per heavy atom. The van der Waals surface area contributed by atoms with E-state index in [4.69, 9.17) is 11.6 Å². The van der Waals surface area contributed by atoms with Crippen LogP contribution in [0.15, 0.2) is 41.2 Å². The van der Waals surface area contributed by atoms with Crippen molar-refractivity contribution in [2.45, 2.75) is 32.6 Å². The first-order valence-electron chi connectivity index (χ1n) is 10.9. The Bertz CT molecular complexity index is 1260. The van der Waals surface area contributed by atoms with E-state index < -0.39 is 16.9 Å². The predicted molar refractivity (Wildman–Crippen MR) is 121 cm³/mol. The van der Waals surface area contributed by atoms with Crippen molar-refractivity contribution in [3.05, 3.63) is 69.1 Å². The number of benzene rings is 2. The van der Waals surface area contributed by atoms with Gasteiger partial charge in [-0.1, -0.05) is 23.7 Å². The summed E-state index contributed by atoms with van der Waals surface area (Å²) in [5, 5.41) is 10.5. The highest BCUT2D eigenvalue weighted by molar-refractivity contribution is 6.30. The number of hydrogen-bond donors (Lipinski definition) is 2. The number of carbonyl (C=O) groups is 1. The van der Waals surface area contributed by atoms with Gasteiger partial charge >= 0.3 is 5.69 Å². The molecule has 2 fully saturated rings. The number of ketones is 1. The SMILES string of the molecule is Cc1cc(Cl)ccc1-c1ccc(-n2c(C[C@@]3(C(=O)C4CC4)CCNC3)n[nH]c2=O)c(F)c1. The van der Waals surface area contributed by atoms with Gasteiger partial charge in [-0.25, -0.2) is 18.9 Å². The summed E-state index contributed by atoms with van der Waals surface area (Å²) in [6.07, 6.45) is 2.84. The molecule has 3 aromatic rings. The lowest BCUT2D eigenvalue weighted by atomic mass is 9.77. The van der Waals surface area contributed by atoms with Crippen LogP contribution in [0.3, 0.4) is 0 Å². The van der Waals surface area contributed by atoms with E-state index in [1.807, 2.05) is 19.1 Å². The minimum Gasteiger partial charge on any atom is -0.316 e. The number of hydrogen-bond acceptors (Lipinski definition) is 4. The van der Waals surface area contributed by atoms with E-state index in [0.29, 0.717) is 35.8 Å². The Labute approximate surface area is 189 Å². The van der Waals surface area contributed by atoms with Gasteiger partial charge in [0.15, 0.2) is 0 Å². The number of carbonyl (C=O) groups excluding carboxylic acids is 1. The molecule has 0 radical (unpaired) electrons. The summed E-state index contributed by atoms with van der Waals surface area (Å²) in [5.74, 6) is 0.182. The minimum atomic E-state index is -0.596. The van der Waals surface area contributed by atoms with Crippen LogP contribution in [0.4, 0.5) is 4.39 Å². The Morgan fingerprint density at radius 1 is 1.28 bits per heavy atom. The highest BCUT2D eigenvalue weighted by atomic mass is 35.5. The lowest BCUT2D eigenvalue weighted by Crippen LogP contribution is -2.38. The first-order chi connectivity index (χ1) is 15.4. The zero-order valence-corrected chi connectivity index (χ0v) is 18.5. The summed E-state index contributed by atoms with van der Waals surface area (Å²) in [6, 6.07) is 10.2. The van der Waals surface area contributed by atoms with Crippen molar-refractivity contribution in [2.75, 3.05) is 13.1 Å². The number of aryl methyl sites for hydroxylation is 1. The molecule has 1 aromatic heterocycles. The lowest BCUT2D eigenvalue weighted by molar-refractivity contribution is -0.129. The maximum absolute atomic E-state index is 15.3. The van der Waals surface area contributed by atoms with Crippen LogP contribution < -0.4 is 11.0 Å². The molecule has 1 saturated carbocycles. The number of H-pyrrole nitrogens is 1. The number of rotatable bonds is 6. The smallest absolute Gasteiger partial charge is 0.316 e. The number of aromatic amines is 1. The molecule has 8 heteroatoms. The molecule has 1 aliphatic carbocycles. The van der Waals surface area contributed by atoms with Crippen LogP contribution in [0.25, 0.3) is 16.8 Å². The molecule has 5 rings (SSSR count). The first kappa shape index (κ1) is 21.1. The third-order valence-corrected chi connectivity index (χ3v) is 6.88. The van der Waals surface area contributed by atoms with E-state index in [1.54, 1.807) is 18.2 Å². The van der Waals surface area contributed by atoms with Crippen molar-refractivity contribution >= 4 is 17.4 Å². The van der Waals surface area contributed by atoms with Crippen LogP contribution in [0, 0.1) is 24.1 Å². The molecular weight excluding hydrogens is 431 g/mol. The van der Waals surface area contributed by atoms with Gasteiger partial charge in [-0.15, -0.1) is 0 Å². The molecule has 0 bridgehead atoms. The summed E-state index contributed by atoms with van der Waals surface area (Å²) >= 11 is 6.04. The van der Waals surface area contributed by atoms with Gasteiger partial charge in [-0.3, -0.25) is 4.79 Å². The van der Waals surface area contributed by atoms with E-state index in [1.165, 1.54) is 10.6 Å². The topological polar surface area (TPSA) is 79.8 Å². The molecular formula is C24H24ClFN4O2. The van der Waals surface area contributed by atoms with E-state index in [0.717, 1.165) is 30.5 Å². The second kappa shape index (κ2) is 7.98. The summed E-state index contributed by atoms with van der Waals surface area (Å²) in [6.45, 7) is 3.22. The van der Waals surface area contributed by atoms with Crippen molar-refractivity contribution in [1.82, 2.24) is 20.1 Å². The van der Waals surface area contributed by atoms with Crippen LogP contribution in [0.1, 0.15) is 30.7 Å². The van der Waals surface area contributed by atoms with Gasteiger partial charge < -0.3 is 5.32 Å². The number of nitrogens with one attached hydrogen (secondary N) is 2. The van der Waals surface area contributed by atoms with E-state index in [2.05, 4.69) is 15.5 Å². The Kier molecular flexibility index (Phi) is 5.26. The lowest BCUT2D eigenvalue weighted by Gasteiger charge is -2.26. The van der Waals surface area contributed by atoms with Gasteiger partial charge in [0.1, 0.15) is 17.4 Å². The molecule has 2 heterocycles. The molecule has 1 saturated heterocycles. The van der Waals surface area contributed by atoms with Gasteiger partial charge in [-0.2, -0.15) is 5.10 Å². The van der Waals surface area contributed by atoms with Gasteiger partial charge in [-0.05, 0) is 73.7 Å². The second-order valence-corrected chi connectivity index (χ2v) is 9.36. The summed E-state index contributed by atoms with van der Waals surface area (Å²) in [4.78, 5) is 25.7. The zero-order chi connectivity index (χ0) is 22.5. The van der Waals surface area contributed by atoms with Gasteiger partial charge in [0, 0.05) is 29.3 Å². The summed E-state index contributed by atoms with van der Waals surface area (Å²) < 4.78 is 16.5. The molecule has 1 aliphatic heterocycles. The van der Waals surface area contributed by atoms with Crippen molar-refractivity contribution in [3.8, 4) is 16.8 Å². The van der Waals surface area contributed by atoms with Crippen LogP contribution in [-0.4, -0.2) is 33.6 Å². The second-order valence-electron chi connectivity index (χ2n) is 8.93. The summed E-state index contributed by atoms with van der Waals surface area (Å²) in [7, 11) is 0. The molecule has 0 unspecified atom stereocenters. The molecule has 166 valence electrons. The molecule has 6 nitrogen and oxygen atoms in total. The molecule has 32 heavy (non-hydrogen) atoms. The van der Waals surface area contributed by atoms with E-state index >= 15 is 4.39 Å². The van der Waals surface area contributed by atoms with Crippen molar-refractivity contribution in [2.24, 2.45) is 11.3 Å². The van der Waals surface area contributed by atoms with E-state index in [9.17, 15) is 9.59 Å². The maximum Gasteiger partial charge on any atom is 0.348 e. The molecule has 0 amide bonds. The Morgan fingerprint density at radius 2 is 2.09 bits per heavy atom. The summed E-state index contributed by atoms with van der Waals surface area (Å²) in [5.41, 5.74) is 1.49. The number of halogens is 2. The van der Waals surface area contributed by atoms with Crippen molar-refractivity contribution in [1.29, 1.82) is 0 Å². The fourth-order valence-electron chi connectivity index (χ4n) is 4.78. The fraction of sp³-hybridized carbons (Fsp3) is 0.375. The van der Waals surface area contributed by atoms with Crippen LogP contribution in [0.2, 0.25) is 5.02 Å². The normalized spacial score (nSPS) is 20.6. The zero-order valence-electron chi connectivity index (χ0n) is 17.8.